The fourth-order valence-corrected chi connectivity index (χ4v) is 1.69. The number of amides is 1. The van der Waals surface area contributed by atoms with Gasteiger partial charge in [-0.2, -0.15) is 0 Å². The highest BCUT2D eigenvalue weighted by Gasteiger charge is 2.03. The van der Waals surface area contributed by atoms with E-state index in [0.29, 0.717) is 5.56 Å². The van der Waals surface area contributed by atoms with Crippen molar-refractivity contribution in [1.82, 2.24) is 5.43 Å². The molecule has 0 aliphatic heterocycles. The van der Waals surface area contributed by atoms with Crippen LogP contribution in [-0.2, 0) is 4.79 Å². The van der Waals surface area contributed by atoms with E-state index in [-0.39, 0.29) is 11.4 Å². The lowest BCUT2D eigenvalue weighted by molar-refractivity contribution is -0.115. The average molecular weight is 304 g/mol. The smallest absolute Gasteiger partial charge is 0.262 e. The van der Waals surface area contributed by atoms with Crippen LogP contribution in [0, 0.1) is 11.6 Å². The highest BCUT2D eigenvalue weighted by molar-refractivity contribution is 5.92. The van der Waals surface area contributed by atoms with Crippen LogP contribution in [-0.4, -0.2) is 13.0 Å². The monoisotopic (exact) mass is 304 g/mol. The van der Waals surface area contributed by atoms with Gasteiger partial charge >= 0.3 is 0 Å². The first kappa shape index (κ1) is 15.5. The van der Waals surface area contributed by atoms with E-state index in [2.05, 4.69) is 10.9 Å². The number of para-hydroxylation sites is 1. The Balaban J connectivity index is 1.94. The molecule has 0 bridgehead atoms. The Morgan fingerprint density at radius 2 is 1.91 bits per heavy atom. The number of ether oxygens (including phenoxy) is 1. The number of nitrogens with one attached hydrogen (secondary N) is 2. The normalized spacial score (nSPS) is 10.5. The molecule has 0 spiro atoms. The summed E-state index contributed by atoms with van der Waals surface area (Å²) in [7, 11) is 1.37. The largest absolute Gasteiger partial charge is 0.494 e. The molecule has 6 heteroatoms. The standard InChI is InChI=1S/C16H14F2N2O2/c1-22-15-8-6-11(10-13(15)18)7-9-16(21)20-19-14-5-3-2-4-12(14)17/h2-10,19H,1H3,(H,20,21). The molecule has 2 aromatic carbocycles. The van der Waals surface area contributed by atoms with Crippen LogP contribution in [0.4, 0.5) is 14.5 Å². The van der Waals surface area contributed by atoms with Gasteiger partial charge in [-0.15, -0.1) is 0 Å². The van der Waals surface area contributed by atoms with Gasteiger partial charge in [0, 0.05) is 6.08 Å². The van der Waals surface area contributed by atoms with Crippen LogP contribution in [0.3, 0.4) is 0 Å². The van der Waals surface area contributed by atoms with Crippen LogP contribution in [0.5, 0.6) is 5.75 Å². The van der Waals surface area contributed by atoms with Gasteiger partial charge in [-0.05, 0) is 35.9 Å². The maximum atomic E-state index is 13.5. The molecule has 0 aromatic heterocycles. The fraction of sp³-hybridized carbons (Fsp3) is 0.0625. The number of methoxy groups -OCH3 is 1. The molecule has 22 heavy (non-hydrogen) atoms. The molecule has 2 rings (SSSR count). The zero-order valence-electron chi connectivity index (χ0n) is 11.8. The zero-order chi connectivity index (χ0) is 15.9. The topological polar surface area (TPSA) is 50.4 Å². The van der Waals surface area contributed by atoms with Gasteiger partial charge in [0.15, 0.2) is 11.6 Å². The van der Waals surface area contributed by atoms with E-state index in [0.717, 1.165) is 0 Å². The third-order valence-electron chi connectivity index (χ3n) is 2.80. The Morgan fingerprint density at radius 1 is 1.14 bits per heavy atom. The Hall–Kier alpha value is -2.89. The van der Waals surface area contributed by atoms with Crippen LogP contribution in [0.25, 0.3) is 6.08 Å². The van der Waals surface area contributed by atoms with Crippen LogP contribution in [0.2, 0.25) is 0 Å². The molecule has 0 saturated heterocycles. The summed E-state index contributed by atoms with van der Waals surface area (Å²) in [6.07, 6.45) is 2.63. The third-order valence-corrected chi connectivity index (χ3v) is 2.80. The second kappa shape index (κ2) is 7.21. The van der Waals surface area contributed by atoms with Crippen molar-refractivity contribution in [2.45, 2.75) is 0 Å². The number of hydrogen-bond donors (Lipinski definition) is 2. The number of rotatable bonds is 5. The Morgan fingerprint density at radius 3 is 2.59 bits per heavy atom. The summed E-state index contributed by atoms with van der Waals surface area (Å²) >= 11 is 0. The number of benzene rings is 2. The van der Waals surface area contributed by atoms with Gasteiger partial charge in [0.2, 0.25) is 0 Å². The number of hydrazine groups is 1. The summed E-state index contributed by atoms with van der Waals surface area (Å²) in [4.78, 5) is 11.6. The number of halogens is 2. The zero-order valence-corrected chi connectivity index (χ0v) is 11.8. The number of hydrogen-bond acceptors (Lipinski definition) is 3. The number of carbonyl (C=O) groups excluding carboxylic acids is 1. The first-order chi connectivity index (χ1) is 10.6. The lowest BCUT2D eigenvalue weighted by Gasteiger charge is -2.07. The summed E-state index contributed by atoms with van der Waals surface area (Å²) in [5.74, 6) is -1.37. The SMILES string of the molecule is COc1ccc(C=CC(=O)NNc2ccccc2F)cc1F. The number of anilines is 1. The predicted octanol–water partition coefficient (Wildman–Crippen LogP) is 3.13. The molecule has 0 unspecified atom stereocenters. The minimum Gasteiger partial charge on any atom is -0.494 e. The van der Waals surface area contributed by atoms with Crippen molar-refractivity contribution in [3.05, 3.63) is 65.7 Å². The minimum absolute atomic E-state index is 0.128. The molecule has 0 heterocycles. The molecule has 0 radical (unpaired) electrons. The summed E-state index contributed by atoms with van der Waals surface area (Å²) in [5, 5.41) is 0. The summed E-state index contributed by atoms with van der Waals surface area (Å²) in [5.41, 5.74) is 5.42. The quantitative estimate of drug-likeness (QED) is 0.659. The minimum atomic E-state index is -0.519. The molecular weight excluding hydrogens is 290 g/mol. The predicted molar refractivity (Wildman–Crippen MR) is 80.2 cm³/mol. The van der Waals surface area contributed by atoms with Gasteiger partial charge in [0.25, 0.3) is 5.91 Å². The fourth-order valence-electron chi connectivity index (χ4n) is 1.69. The van der Waals surface area contributed by atoms with Crippen molar-refractivity contribution < 1.29 is 18.3 Å². The molecule has 0 aliphatic rings. The van der Waals surface area contributed by atoms with Crippen LogP contribution in [0.1, 0.15) is 5.56 Å². The van der Waals surface area contributed by atoms with Crippen molar-refractivity contribution in [2.75, 3.05) is 12.5 Å². The highest BCUT2D eigenvalue weighted by Crippen LogP contribution is 2.18. The van der Waals surface area contributed by atoms with Crippen molar-refractivity contribution in [2.24, 2.45) is 0 Å². The first-order valence-corrected chi connectivity index (χ1v) is 6.42. The molecule has 2 aromatic rings. The molecule has 2 N–H and O–H groups in total. The van der Waals surface area contributed by atoms with Crippen molar-refractivity contribution in [3.8, 4) is 5.75 Å². The maximum absolute atomic E-state index is 13.5. The second-order valence-corrected chi connectivity index (χ2v) is 4.32. The molecular formula is C16H14F2N2O2. The van der Waals surface area contributed by atoms with Crippen molar-refractivity contribution in [1.29, 1.82) is 0 Å². The molecule has 1 amide bonds. The van der Waals surface area contributed by atoms with E-state index in [9.17, 15) is 13.6 Å². The van der Waals surface area contributed by atoms with Crippen LogP contribution < -0.4 is 15.6 Å². The van der Waals surface area contributed by atoms with Crippen LogP contribution in [0.15, 0.2) is 48.5 Å². The maximum Gasteiger partial charge on any atom is 0.262 e. The lowest BCUT2D eigenvalue weighted by Crippen LogP contribution is -2.27. The van der Waals surface area contributed by atoms with E-state index in [1.165, 1.54) is 43.5 Å². The molecule has 0 aliphatic carbocycles. The van der Waals surface area contributed by atoms with Gasteiger partial charge in [0.05, 0.1) is 12.8 Å². The first-order valence-electron chi connectivity index (χ1n) is 6.42. The van der Waals surface area contributed by atoms with Gasteiger partial charge < -0.3 is 4.74 Å². The van der Waals surface area contributed by atoms with E-state index >= 15 is 0 Å². The molecule has 0 fully saturated rings. The molecule has 0 saturated carbocycles. The van der Waals surface area contributed by atoms with Crippen molar-refractivity contribution in [3.63, 3.8) is 0 Å². The molecule has 0 atom stereocenters. The summed E-state index contributed by atoms with van der Waals surface area (Å²) < 4.78 is 31.6. The highest BCUT2D eigenvalue weighted by atomic mass is 19.1. The van der Waals surface area contributed by atoms with Gasteiger partial charge in [-0.3, -0.25) is 15.6 Å². The third kappa shape index (κ3) is 4.05. The van der Waals surface area contributed by atoms with E-state index in [1.54, 1.807) is 18.2 Å². The van der Waals surface area contributed by atoms with Crippen LogP contribution >= 0.6 is 0 Å². The van der Waals surface area contributed by atoms with Gasteiger partial charge in [0.1, 0.15) is 5.82 Å². The second-order valence-electron chi connectivity index (χ2n) is 4.32. The Bertz CT molecular complexity index is 702. The van der Waals surface area contributed by atoms with E-state index in [1.807, 2.05) is 0 Å². The average Bonchev–Trinajstić information content (AvgIpc) is 2.52. The Kier molecular flexibility index (Phi) is 5.08. The summed E-state index contributed by atoms with van der Waals surface area (Å²) in [6.45, 7) is 0. The molecule has 114 valence electrons. The van der Waals surface area contributed by atoms with Crippen molar-refractivity contribution >= 4 is 17.7 Å². The van der Waals surface area contributed by atoms with E-state index in [4.69, 9.17) is 4.74 Å². The molecule has 4 nitrogen and oxygen atoms in total. The Labute approximate surface area is 126 Å². The lowest BCUT2D eigenvalue weighted by atomic mass is 10.2. The van der Waals surface area contributed by atoms with Gasteiger partial charge in [-0.1, -0.05) is 18.2 Å². The van der Waals surface area contributed by atoms with Gasteiger partial charge in [-0.25, -0.2) is 8.78 Å². The number of carbonyl (C=O) groups is 1. The summed E-state index contributed by atoms with van der Waals surface area (Å²) in [6, 6.07) is 10.2. The van der Waals surface area contributed by atoms with E-state index < -0.39 is 17.5 Å².